The lowest BCUT2D eigenvalue weighted by molar-refractivity contribution is 0.210. The molecule has 0 radical (unpaired) electrons. The molecule has 0 atom stereocenters. The van der Waals surface area contributed by atoms with E-state index in [9.17, 15) is 0 Å². The summed E-state index contributed by atoms with van der Waals surface area (Å²) in [6.07, 6.45) is 4.17. The first-order chi connectivity index (χ1) is 15.1. The van der Waals surface area contributed by atoms with Gasteiger partial charge in [-0.15, -0.1) is 0 Å². The number of rotatable bonds is 11. The molecule has 1 fully saturated rings. The van der Waals surface area contributed by atoms with Crippen molar-refractivity contribution in [1.82, 2.24) is 14.9 Å². The molecule has 0 bridgehead atoms. The van der Waals surface area contributed by atoms with Crippen LogP contribution in [-0.4, -0.2) is 61.9 Å². The summed E-state index contributed by atoms with van der Waals surface area (Å²) in [6.45, 7) is 5.76. The Balaban J connectivity index is 1.54. The maximum atomic E-state index is 5.93. The van der Waals surface area contributed by atoms with Crippen molar-refractivity contribution in [2.45, 2.75) is 45.2 Å². The van der Waals surface area contributed by atoms with Crippen molar-refractivity contribution in [3.63, 3.8) is 0 Å². The number of unbranched alkanes of at least 4 members (excludes halogenated alkanes) is 1. The zero-order valence-corrected chi connectivity index (χ0v) is 19.0. The van der Waals surface area contributed by atoms with Gasteiger partial charge in [0.25, 0.3) is 0 Å². The Morgan fingerprint density at radius 3 is 2.29 bits per heavy atom. The minimum absolute atomic E-state index is 0.317. The van der Waals surface area contributed by atoms with Gasteiger partial charge in [-0.1, -0.05) is 19.4 Å². The van der Waals surface area contributed by atoms with Gasteiger partial charge in [0.2, 0.25) is 17.7 Å². The molecule has 1 saturated heterocycles. The van der Waals surface area contributed by atoms with Gasteiger partial charge in [-0.3, -0.25) is 4.90 Å². The van der Waals surface area contributed by atoms with Crippen LogP contribution in [0.3, 0.4) is 0 Å². The molecule has 0 unspecified atom stereocenters. The highest BCUT2D eigenvalue weighted by molar-refractivity contribution is 5.43. The summed E-state index contributed by atoms with van der Waals surface area (Å²) >= 11 is 0. The number of benzene rings is 1. The molecule has 1 N–H and O–H groups in total. The van der Waals surface area contributed by atoms with Crippen molar-refractivity contribution in [3.05, 3.63) is 29.8 Å². The largest absolute Gasteiger partial charge is 0.493 e. The van der Waals surface area contributed by atoms with E-state index in [1.165, 1.54) is 5.56 Å². The number of aromatic nitrogens is 2. The molecule has 1 aromatic carbocycles. The fourth-order valence-electron chi connectivity index (χ4n) is 3.61. The fourth-order valence-corrected chi connectivity index (χ4v) is 3.61. The summed E-state index contributed by atoms with van der Waals surface area (Å²) in [5, 5.41) is 3.42. The molecular weight excluding hydrogens is 396 g/mol. The van der Waals surface area contributed by atoms with Crippen LogP contribution in [0.15, 0.2) is 24.3 Å². The topological polar surface area (TPSA) is 78.0 Å². The molecule has 0 saturated carbocycles. The number of nitrogens with one attached hydrogen (secondary N) is 1. The summed E-state index contributed by atoms with van der Waals surface area (Å²) in [6, 6.07) is 8.21. The maximum absolute atomic E-state index is 5.93. The highest BCUT2D eigenvalue weighted by Crippen LogP contribution is 2.29. The van der Waals surface area contributed by atoms with Gasteiger partial charge in [-0.2, -0.15) is 9.97 Å². The fraction of sp³-hybridized carbons (Fsp3) is 0.565. The normalized spacial score (nSPS) is 14.8. The third kappa shape index (κ3) is 6.62. The molecule has 0 amide bonds. The first-order valence-corrected chi connectivity index (χ1v) is 10.9. The Morgan fingerprint density at radius 1 is 0.968 bits per heavy atom. The van der Waals surface area contributed by atoms with Gasteiger partial charge in [-0.25, -0.2) is 0 Å². The van der Waals surface area contributed by atoms with E-state index in [4.69, 9.17) is 18.9 Å². The summed E-state index contributed by atoms with van der Waals surface area (Å²) in [4.78, 5) is 11.2. The quantitative estimate of drug-likeness (QED) is 0.540. The van der Waals surface area contributed by atoms with E-state index >= 15 is 0 Å². The monoisotopic (exact) mass is 430 g/mol. The van der Waals surface area contributed by atoms with E-state index in [1.54, 1.807) is 27.4 Å². The van der Waals surface area contributed by atoms with Crippen LogP contribution in [-0.2, 0) is 6.54 Å². The zero-order chi connectivity index (χ0) is 22.1. The average Bonchev–Trinajstić information content (AvgIpc) is 2.80. The van der Waals surface area contributed by atoms with Crippen LogP contribution in [0.2, 0.25) is 0 Å². The van der Waals surface area contributed by atoms with E-state index < -0.39 is 0 Å². The van der Waals surface area contributed by atoms with E-state index in [0.29, 0.717) is 30.4 Å². The third-order valence-electron chi connectivity index (χ3n) is 5.41. The standard InChI is InChI=1S/C23H34N4O4/c1-5-6-13-31-20-14-17(7-8-19(20)28-2)16-27-11-9-18(10-12-27)24-23-25-21(29-3)15-22(26-23)30-4/h7-8,14-15,18H,5-6,9-13,16H2,1-4H3,(H,24,25,26). The summed E-state index contributed by atoms with van der Waals surface area (Å²) in [5.41, 5.74) is 1.24. The zero-order valence-electron chi connectivity index (χ0n) is 19.0. The van der Waals surface area contributed by atoms with Gasteiger partial charge in [0.1, 0.15) is 0 Å². The average molecular weight is 431 g/mol. The first kappa shape index (κ1) is 22.9. The van der Waals surface area contributed by atoms with Gasteiger partial charge in [0, 0.05) is 25.7 Å². The molecule has 8 heteroatoms. The second kappa shape index (κ2) is 11.6. The van der Waals surface area contributed by atoms with E-state index in [2.05, 4.69) is 39.2 Å². The molecular formula is C23H34N4O4. The Morgan fingerprint density at radius 2 is 1.68 bits per heavy atom. The smallest absolute Gasteiger partial charge is 0.229 e. The van der Waals surface area contributed by atoms with Crippen molar-refractivity contribution in [2.24, 2.45) is 0 Å². The molecule has 2 aromatic rings. The lowest BCUT2D eigenvalue weighted by Gasteiger charge is -2.32. The van der Waals surface area contributed by atoms with E-state index in [1.807, 2.05) is 6.07 Å². The van der Waals surface area contributed by atoms with E-state index in [-0.39, 0.29) is 0 Å². The number of likely N-dealkylation sites (tertiary alicyclic amines) is 1. The van der Waals surface area contributed by atoms with Crippen LogP contribution in [0.4, 0.5) is 5.95 Å². The summed E-state index contributed by atoms with van der Waals surface area (Å²) < 4.78 is 21.8. The Kier molecular flexibility index (Phi) is 8.58. The third-order valence-corrected chi connectivity index (χ3v) is 5.41. The molecule has 0 aliphatic carbocycles. The van der Waals surface area contributed by atoms with Crippen LogP contribution < -0.4 is 24.3 Å². The molecule has 3 rings (SSSR count). The Hall–Kier alpha value is -2.74. The van der Waals surface area contributed by atoms with Crippen molar-refractivity contribution in [1.29, 1.82) is 0 Å². The molecule has 8 nitrogen and oxygen atoms in total. The van der Waals surface area contributed by atoms with Gasteiger partial charge in [0.05, 0.1) is 34.0 Å². The first-order valence-electron chi connectivity index (χ1n) is 10.9. The van der Waals surface area contributed by atoms with Crippen LogP contribution in [0.25, 0.3) is 0 Å². The van der Waals surface area contributed by atoms with Crippen molar-refractivity contribution in [3.8, 4) is 23.3 Å². The van der Waals surface area contributed by atoms with Gasteiger partial charge >= 0.3 is 0 Å². The predicted octanol–water partition coefficient (Wildman–Crippen LogP) is 3.76. The Bertz CT molecular complexity index is 803. The van der Waals surface area contributed by atoms with Crippen LogP contribution >= 0.6 is 0 Å². The molecule has 170 valence electrons. The van der Waals surface area contributed by atoms with Gasteiger partial charge in [-0.05, 0) is 37.0 Å². The second-order valence-electron chi connectivity index (χ2n) is 7.66. The predicted molar refractivity (Wildman–Crippen MR) is 120 cm³/mol. The molecule has 1 aliphatic rings. The number of hydrogen-bond donors (Lipinski definition) is 1. The highest BCUT2D eigenvalue weighted by Gasteiger charge is 2.21. The minimum Gasteiger partial charge on any atom is -0.493 e. The number of methoxy groups -OCH3 is 3. The van der Waals surface area contributed by atoms with Crippen LogP contribution in [0.1, 0.15) is 38.2 Å². The lowest BCUT2D eigenvalue weighted by atomic mass is 10.0. The molecule has 2 heterocycles. The van der Waals surface area contributed by atoms with Gasteiger partial charge in [0.15, 0.2) is 11.5 Å². The minimum atomic E-state index is 0.317. The lowest BCUT2D eigenvalue weighted by Crippen LogP contribution is -2.39. The number of ether oxygens (including phenoxy) is 4. The number of hydrogen-bond acceptors (Lipinski definition) is 8. The van der Waals surface area contributed by atoms with Crippen LogP contribution in [0, 0.1) is 0 Å². The van der Waals surface area contributed by atoms with Crippen molar-refractivity contribution in [2.75, 3.05) is 46.3 Å². The molecule has 1 aromatic heterocycles. The van der Waals surface area contributed by atoms with Crippen molar-refractivity contribution < 1.29 is 18.9 Å². The maximum Gasteiger partial charge on any atom is 0.229 e. The highest BCUT2D eigenvalue weighted by atomic mass is 16.5. The van der Waals surface area contributed by atoms with E-state index in [0.717, 1.165) is 56.8 Å². The van der Waals surface area contributed by atoms with Gasteiger partial charge < -0.3 is 24.3 Å². The number of piperidine rings is 1. The molecule has 31 heavy (non-hydrogen) atoms. The Labute approximate surface area is 184 Å². The van der Waals surface area contributed by atoms with Crippen molar-refractivity contribution >= 4 is 5.95 Å². The number of nitrogens with zero attached hydrogens (tertiary/aromatic N) is 3. The summed E-state index contributed by atoms with van der Waals surface area (Å²) in [5.74, 6) is 3.13. The summed E-state index contributed by atoms with van der Waals surface area (Å²) in [7, 11) is 4.86. The SMILES string of the molecule is CCCCOc1cc(CN2CCC(Nc3nc(OC)cc(OC)n3)CC2)ccc1OC. The molecule has 0 spiro atoms. The second-order valence-corrected chi connectivity index (χ2v) is 7.66. The molecule has 1 aliphatic heterocycles. The van der Waals surface area contributed by atoms with Crippen LogP contribution in [0.5, 0.6) is 23.3 Å². The number of anilines is 1.